The van der Waals surface area contributed by atoms with Gasteiger partial charge >= 0.3 is 0 Å². The highest BCUT2D eigenvalue weighted by Gasteiger charge is 2.19. The summed E-state index contributed by atoms with van der Waals surface area (Å²) in [6.07, 6.45) is 1.69. The molecule has 1 unspecified atom stereocenters. The molecule has 1 heterocycles. The van der Waals surface area contributed by atoms with E-state index in [9.17, 15) is 4.39 Å². The van der Waals surface area contributed by atoms with Gasteiger partial charge in [0.05, 0.1) is 0 Å². The van der Waals surface area contributed by atoms with Crippen LogP contribution in [0.15, 0.2) is 12.1 Å². The van der Waals surface area contributed by atoms with Crippen LogP contribution >= 0.6 is 0 Å². The van der Waals surface area contributed by atoms with Crippen LogP contribution in [0.5, 0.6) is 11.5 Å². The highest BCUT2D eigenvalue weighted by Crippen LogP contribution is 2.36. The fraction of sp³-hybridized carbons (Fsp3) is 0.455. The van der Waals surface area contributed by atoms with E-state index in [4.69, 9.17) is 15.2 Å². The molecule has 0 amide bonds. The molecule has 0 radical (unpaired) electrons. The lowest BCUT2D eigenvalue weighted by atomic mass is 10.0. The van der Waals surface area contributed by atoms with E-state index in [1.54, 1.807) is 6.07 Å². The zero-order valence-corrected chi connectivity index (χ0v) is 8.63. The Bertz CT molecular complexity index is 368. The summed E-state index contributed by atoms with van der Waals surface area (Å²) >= 11 is 0. The van der Waals surface area contributed by atoms with E-state index in [2.05, 4.69) is 0 Å². The van der Waals surface area contributed by atoms with Crippen molar-refractivity contribution in [2.45, 2.75) is 25.8 Å². The van der Waals surface area contributed by atoms with Gasteiger partial charge in [-0.1, -0.05) is 13.3 Å². The third-order valence-electron chi connectivity index (χ3n) is 2.49. The molecule has 3 nitrogen and oxygen atoms in total. The number of ether oxygens (including phenoxy) is 2. The van der Waals surface area contributed by atoms with Crippen molar-refractivity contribution in [3.8, 4) is 11.5 Å². The molecule has 1 atom stereocenters. The minimum Gasteiger partial charge on any atom is -0.454 e. The van der Waals surface area contributed by atoms with Gasteiger partial charge in [-0.3, -0.25) is 0 Å². The van der Waals surface area contributed by atoms with Crippen molar-refractivity contribution in [1.82, 2.24) is 0 Å². The predicted molar refractivity (Wildman–Crippen MR) is 54.4 cm³/mol. The summed E-state index contributed by atoms with van der Waals surface area (Å²) in [4.78, 5) is 0. The van der Waals surface area contributed by atoms with Crippen LogP contribution < -0.4 is 15.2 Å². The molecule has 1 aliphatic rings. The van der Waals surface area contributed by atoms with E-state index in [1.165, 1.54) is 6.07 Å². The average molecular weight is 211 g/mol. The van der Waals surface area contributed by atoms with Crippen molar-refractivity contribution >= 4 is 0 Å². The van der Waals surface area contributed by atoms with Crippen LogP contribution in [0.3, 0.4) is 0 Å². The van der Waals surface area contributed by atoms with Crippen LogP contribution in [-0.2, 0) is 0 Å². The third-order valence-corrected chi connectivity index (χ3v) is 2.49. The number of nitrogens with two attached hydrogens (primary N) is 1. The molecule has 1 aromatic carbocycles. The molecule has 15 heavy (non-hydrogen) atoms. The fourth-order valence-corrected chi connectivity index (χ4v) is 1.68. The third kappa shape index (κ3) is 1.90. The first kappa shape index (κ1) is 10.2. The van der Waals surface area contributed by atoms with Gasteiger partial charge < -0.3 is 15.2 Å². The molecular formula is C11H14FNO2. The average Bonchev–Trinajstić information content (AvgIpc) is 2.63. The van der Waals surface area contributed by atoms with E-state index in [-0.39, 0.29) is 18.7 Å². The molecule has 0 saturated heterocycles. The van der Waals surface area contributed by atoms with Crippen molar-refractivity contribution in [2.75, 3.05) is 6.79 Å². The monoisotopic (exact) mass is 211 g/mol. The van der Waals surface area contributed by atoms with Crippen LogP contribution in [0, 0.1) is 5.82 Å². The molecule has 1 aliphatic heterocycles. The first-order chi connectivity index (χ1) is 7.22. The Morgan fingerprint density at radius 1 is 1.40 bits per heavy atom. The van der Waals surface area contributed by atoms with Crippen molar-refractivity contribution in [1.29, 1.82) is 0 Å². The first-order valence-corrected chi connectivity index (χ1v) is 5.07. The van der Waals surface area contributed by atoms with Gasteiger partial charge in [-0.05, 0) is 12.5 Å². The molecule has 2 rings (SSSR count). The summed E-state index contributed by atoms with van der Waals surface area (Å²) in [5.74, 6) is 0.720. The molecule has 2 N–H and O–H groups in total. The van der Waals surface area contributed by atoms with Gasteiger partial charge in [-0.25, -0.2) is 4.39 Å². The number of rotatable bonds is 3. The van der Waals surface area contributed by atoms with Crippen molar-refractivity contribution < 1.29 is 13.9 Å². The maximum atomic E-state index is 13.6. The van der Waals surface area contributed by atoms with Crippen LogP contribution in [-0.4, -0.2) is 6.79 Å². The second-order valence-electron chi connectivity index (χ2n) is 3.62. The minimum atomic E-state index is -0.319. The van der Waals surface area contributed by atoms with Crippen LogP contribution in [0.1, 0.15) is 31.4 Å². The maximum Gasteiger partial charge on any atom is 0.231 e. The highest BCUT2D eigenvalue weighted by atomic mass is 19.1. The maximum absolute atomic E-state index is 13.6. The highest BCUT2D eigenvalue weighted by molar-refractivity contribution is 5.46. The molecule has 0 spiro atoms. The molecule has 0 aliphatic carbocycles. The lowest BCUT2D eigenvalue weighted by molar-refractivity contribution is 0.174. The molecule has 0 bridgehead atoms. The largest absolute Gasteiger partial charge is 0.454 e. The van der Waals surface area contributed by atoms with E-state index in [0.29, 0.717) is 17.1 Å². The normalized spacial score (nSPS) is 15.4. The zero-order chi connectivity index (χ0) is 10.8. The molecule has 0 saturated carbocycles. The summed E-state index contributed by atoms with van der Waals surface area (Å²) in [6, 6.07) is 2.70. The van der Waals surface area contributed by atoms with E-state index in [1.807, 2.05) is 6.92 Å². The van der Waals surface area contributed by atoms with Gasteiger partial charge in [0, 0.05) is 17.7 Å². The van der Waals surface area contributed by atoms with Gasteiger partial charge in [-0.15, -0.1) is 0 Å². The summed E-state index contributed by atoms with van der Waals surface area (Å²) in [5.41, 5.74) is 6.37. The van der Waals surface area contributed by atoms with Crippen molar-refractivity contribution in [3.63, 3.8) is 0 Å². The predicted octanol–water partition coefficient (Wildman–Crippen LogP) is 2.35. The molecule has 82 valence electrons. The van der Waals surface area contributed by atoms with Gasteiger partial charge in [0.15, 0.2) is 11.5 Å². The summed E-state index contributed by atoms with van der Waals surface area (Å²) in [6.45, 7) is 2.17. The Balaban J connectivity index is 2.31. The van der Waals surface area contributed by atoms with Crippen LogP contribution in [0.2, 0.25) is 0 Å². The Labute approximate surface area is 88.0 Å². The van der Waals surface area contributed by atoms with Crippen molar-refractivity contribution in [2.24, 2.45) is 5.73 Å². The SMILES string of the molecule is CCCC(N)c1cc2c(cc1F)OCO2. The van der Waals surface area contributed by atoms with Gasteiger partial charge in [0.25, 0.3) is 0 Å². The Hall–Kier alpha value is -1.29. The molecule has 0 fully saturated rings. The Kier molecular flexibility index (Phi) is 2.77. The lowest BCUT2D eigenvalue weighted by Crippen LogP contribution is -2.11. The minimum absolute atomic E-state index is 0.154. The fourth-order valence-electron chi connectivity index (χ4n) is 1.68. The van der Waals surface area contributed by atoms with E-state index >= 15 is 0 Å². The summed E-state index contributed by atoms with van der Waals surface area (Å²) in [5, 5.41) is 0. The number of benzene rings is 1. The Morgan fingerprint density at radius 2 is 2.07 bits per heavy atom. The second kappa shape index (κ2) is 4.06. The summed E-state index contributed by atoms with van der Waals surface area (Å²) in [7, 11) is 0. The molecule has 1 aromatic rings. The zero-order valence-electron chi connectivity index (χ0n) is 8.63. The van der Waals surface area contributed by atoms with E-state index < -0.39 is 0 Å². The summed E-state index contributed by atoms with van der Waals surface area (Å²) < 4.78 is 23.9. The smallest absolute Gasteiger partial charge is 0.231 e. The van der Waals surface area contributed by atoms with Crippen molar-refractivity contribution in [3.05, 3.63) is 23.5 Å². The molecular weight excluding hydrogens is 197 g/mol. The van der Waals surface area contributed by atoms with Gasteiger partial charge in [0.2, 0.25) is 6.79 Å². The number of hydrogen-bond donors (Lipinski definition) is 1. The Morgan fingerprint density at radius 3 is 2.73 bits per heavy atom. The quantitative estimate of drug-likeness (QED) is 0.834. The number of hydrogen-bond acceptors (Lipinski definition) is 3. The standard InChI is InChI=1S/C11H14FNO2/c1-2-3-9(13)7-4-10-11(5-8(7)12)15-6-14-10/h4-5,9H,2-3,6,13H2,1H3. The second-order valence-corrected chi connectivity index (χ2v) is 3.62. The first-order valence-electron chi connectivity index (χ1n) is 5.07. The topological polar surface area (TPSA) is 44.5 Å². The van der Waals surface area contributed by atoms with E-state index in [0.717, 1.165) is 12.8 Å². The molecule has 0 aromatic heterocycles. The van der Waals surface area contributed by atoms with Crippen LogP contribution in [0.25, 0.3) is 0 Å². The van der Waals surface area contributed by atoms with Gasteiger partial charge in [0.1, 0.15) is 5.82 Å². The molecule has 4 heteroatoms. The van der Waals surface area contributed by atoms with Gasteiger partial charge in [-0.2, -0.15) is 0 Å². The number of fused-ring (bicyclic) bond motifs is 1. The number of halogens is 1. The lowest BCUT2D eigenvalue weighted by Gasteiger charge is -2.12. The van der Waals surface area contributed by atoms with Crippen LogP contribution in [0.4, 0.5) is 4.39 Å².